The third kappa shape index (κ3) is 2.96. The zero-order valence-electron chi connectivity index (χ0n) is 13.2. The van der Waals surface area contributed by atoms with Gasteiger partial charge in [0.05, 0.1) is 25.7 Å². The number of carbonyl (C=O) groups is 1. The Labute approximate surface area is 131 Å². The highest BCUT2D eigenvalue weighted by Crippen LogP contribution is 2.30. The molecule has 5 nitrogen and oxygen atoms in total. The molecule has 0 aromatic heterocycles. The molecule has 0 N–H and O–H groups in total. The average Bonchev–Trinajstić information content (AvgIpc) is 3.04. The normalized spacial score (nSPS) is 27.5. The number of ether oxygens (including phenoxy) is 3. The largest absolute Gasteiger partial charge is 0.497 e. The van der Waals surface area contributed by atoms with Crippen molar-refractivity contribution in [2.75, 3.05) is 27.4 Å². The molecule has 0 bridgehead atoms. The Hall–Kier alpha value is -1.59. The van der Waals surface area contributed by atoms with Crippen LogP contribution in [0.3, 0.4) is 0 Å². The molecule has 120 valence electrons. The number of likely N-dealkylation sites (tertiary alicyclic amines) is 1. The molecular formula is C17H23NO4. The van der Waals surface area contributed by atoms with Crippen LogP contribution < -0.4 is 4.74 Å². The third-order valence-electron chi connectivity index (χ3n) is 4.66. The SMILES string of the molecule is COc1ccc(CC(=O)N2CC[C@H](OC)[C@H]3OCC[C@@H]32)cc1. The van der Waals surface area contributed by atoms with Gasteiger partial charge in [-0.25, -0.2) is 0 Å². The van der Waals surface area contributed by atoms with Gasteiger partial charge in [-0.1, -0.05) is 12.1 Å². The Morgan fingerprint density at radius 3 is 2.73 bits per heavy atom. The summed E-state index contributed by atoms with van der Waals surface area (Å²) in [6.07, 6.45) is 2.30. The number of carbonyl (C=O) groups excluding carboxylic acids is 1. The molecular weight excluding hydrogens is 282 g/mol. The lowest BCUT2D eigenvalue weighted by molar-refractivity contribution is -0.142. The van der Waals surface area contributed by atoms with Crippen molar-refractivity contribution >= 4 is 5.91 Å². The van der Waals surface area contributed by atoms with Crippen molar-refractivity contribution < 1.29 is 19.0 Å². The van der Waals surface area contributed by atoms with Gasteiger partial charge in [0.2, 0.25) is 5.91 Å². The molecule has 5 heteroatoms. The molecule has 3 atom stereocenters. The molecule has 0 radical (unpaired) electrons. The van der Waals surface area contributed by atoms with E-state index in [1.165, 1.54) is 0 Å². The number of rotatable bonds is 4. The lowest BCUT2D eigenvalue weighted by atomic mass is 9.95. The quantitative estimate of drug-likeness (QED) is 0.848. The molecule has 1 aromatic carbocycles. The Morgan fingerprint density at radius 1 is 1.27 bits per heavy atom. The second-order valence-corrected chi connectivity index (χ2v) is 5.87. The standard InChI is InChI=1S/C17H23NO4/c1-20-13-5-3-12(4-6-13)11-16(19)18-9-7-15(21-2)17-14(18)8-10-22-17/h3-6,14-15,17H,7-11H2,1-2H3/t14-,15-,17-/m0/s1. The minimum absolute atomic E-state index is 0.0265. The zero-order valence-corrected chi connectivity index (χ0v) is 13.2. The van der Waals surface area contributed by atoms with Crippen LogP contribution in [0.15, 0.2) is 24.3 Å². The van der Waals surface area contributed by atoms with E-state index in [-0.39, 0.29) is 24.2 Å². The van der Waals surface area contributed by atoms with Crippen LogP contribution in [0.1, 0.15) is 18.4 Å². The Morgan fingerprint density at radius 2 is 2.05 bits per heavy atom. The highest BCUT2D eigenvalue weighted by molar-refractivity contribution is 5.79. The summed E-state index contributed by atoms with van der Waals surface area (Å²) in [4.78, 5) is 14.6. The molecule has 0 unspecified atom stereocenters. The topological polar surface area (TPSA) is 48.0 Å². The fraction of sp³-hybridized carbons (Fsp3) is 0.588. The van der Waals surface area contributed by atoms with Crippen LogP contribution in [0, 0.1) is 0 Å². The summed E-state index contributed by atoms with van der Waals surface area (Å²) in [5.41, 5.74) is 1.01. The van der Waals surface area contributed by atoms with Gasteiger partial charge in [-0.2, -0.15) is 0 Å². The maximum Gasteiger partial charge on any atom is 0.227 e. The summed E-state index contributed by atoms with van der Waals surface area (Å²) in [6.45, 7) is 1.46. The van der Waals surface area contributed by atoms with E-state index < -0.39 is 0 Å². The van der Waals surface area contributed by atoms with Gasteiger partial charge >= 0.3 is 0 Å². The molecule has 2 saturated heterocycles. The third-order valence-corrected chi connectivity index (χ3v) is 4.66. The van der Waals surface area contributed by atoms with Crippen molar-refractivity contribution in [3.05, 3.63) is 29.8 Å². The lowest BCUT2D eigenvalue weighted by Crippen LogP contribution is -2.55. The van der Waals surface area contributed by atoms with Crippen LogP contribution in [0.4, 0.5) is 0 Å². The first-order valence-electron chi connectivity index (χ1n) is 7.79. The van der Waals surface area contributed by atoms with Crippen molar-refractivity contribution in [3.8, 4) is 5.75 Å². The highest BCUT2D eigenvalue weighted by Gasteiger charge is 2.43. The predicted octanol–water partition coefficient (Wildman–Crippen LogP) is 1.64. The summed E-state index contributed by atoms with van der Waals surface area (Å²) in [6, 6.07) is 7.83. The van der Waals surface area contributed by atoms with Crippen LogP contribution in [0.2, 0.25) is 0 Å². The summed E-state index contributed by atoms with van der Waals surface area (Å²) < 4.78 is 16.4. The van der Waals surface area contributed by atoms with Gasteiger partial charge < -0.3 is 19.1 Å². The maximum absolute atomic E-state index is 12.7. The maximum atomic E-state index is 12.7. The van der Waals surface area contributed by atoms with Gasteiger partial charge in [0.1, 0.15) is 11.9 Å². The molecule has 0 aliphatic carbocycles. The predicted molar refractivity (Wildman–Crippen MR) is 82.0 cm³/mol. The number of amides is 1. The summed E-state index contributed by atoms with van der Waals surface area (Å²) >= 11 is 0. The highest BCUT2D eigenvalue weighted by atomic mass is 16.5. The number of methoxy groups -OCH3 is 2. The van der Waals surface area contributed by atoms with E-state index in [4.69, 9.17) is 14.2 Å². The number of benzene rings is 1. The van der Waals surface area contributed by atoms with Crippen LogP contribution >= 0.6 is 0 Å². The molecule has 0 spiro atoms. The van der Waals surface area contributed by atoms with Crippen molar-refractivity contribution in [2.45, 2.75) is 37.5 Å². The van der Waals surface area contributed by atoms with Crippen molar-refractivity contribution in [3.63, 3.8) is 0 Å². The second kappa shape index (κ2) is 6.67. The van der Waals surface area contributed by atoms with E-state index in [0.717, 1.165) is 30.7 Å². The second-order valence-electron chi connectivity index (χ2n) is 5.87. The molecule has 3 rings (SSSR count). The fourth-order valence-corrected chi connectivity index (χ4v) is 3.47. The van der Waals surface area contributed by atoms with Crippen molar-refractivity contribution in [2.24, 2.45) is 0 Å². The molecule has 1 amide bonds. The first-order valence-corrected chi connectivity index (χ1v) is 7.79. The van der Waals surface area contributed by atoms with Gasteiger partial charge in [-0.3, -0.25) is 4.79 Å². The first-order chi connectivity index (χ1) is 10.7. The Bertz CT molecular complexity index is 516. The molecule has 22 heavy (non-hydrogen) atoms. The van der Waals surface area contributed by atoms with Gasteiger partial charge in [-0.05, 0) is 30.5 Å². The van der Waals surface area contributed by atoms with Gasteiger partial charge in [0.15, 0.2) is 0 Å². The van der Waals surface area contributed by atoms with Crippen LogP contribution in [0.25, 0.3) is 0 Å². The molecule has 2 heterocycles. The smallest absolute Gasteiger partial charge is 0.227 e. The lowest BCUT2D eigenvalue weighted by Gasteiger charge is -2.40. The minimum atomic E-state index is 0.0265. The van der Waals surface area contributed by atoms with E-state index in [2.05, 4.69) is 0 Å². The van der Waals surface area contributed by atoms with Crippen LogP contribution in [0.5, 0.6) is 5.75 Å². The molecule has 2 aliphatic heterocycles. The van der Waals surface area contributed by atoms with E-state index in [1.807, 2.05) is 29.2 Å². The van der Waals surface area contributed by atoms with Crippen LogP contribution in [-0.2, 0) is 20.7 Å². The van der Waals surface area contributed by atoms with Gasteiger partial charge in [0, 0.05) is 20.3 Å². The molecule has 2 fully saturated rings. The number of hydrogen-bond donors (Lipinski definition) is 0. The number of nitrogens with zero attached hydrogens (tertiary/aromatic N) is 1. The number of hydrogen-bond acceptors (Lipinski definition) is 4. The molecule has 0 saturated carbocycles. The minimum Gasteiger partial charge on any atom is -0.497 e. The monoisotopic (exact) mass is 305 g/mol. The fourth-order valence-electron chi connectivity index (χ4n) is 3.47. The summed E-state index contributed by atoms with van der Waals surface area (Å²) in [5, 5.41) is 0. The first kappa shape index (κ1) is 15.3. The van der Waals surface area contributed by atoms with E-state index in [1.54, 1.807) is 14.2 Å². The van der Waals surface area contributed by atoms with E-state index >= 15 is 0 Å². The van der Waals surface area contributed by atoms with Crippen molar-refractivity contribution in [1.82, 2.24) is 4.90 Å². The van der Waals surface area contributed by atoms with E-state index in [9.17, 15) is 4.79 Å². The molecule has 1 aromatic rings. The van der Waals surface area contributed by atoms with E-state index in [0.29, 0.717) is 13.0 Å². The summed E-state index contributed by atoms with van der Waals surface area (Å²) in [5.74, 6) is 0.974. The number of fused-ring (bicyclic) bond motifs is 1. The van der Waals surface area contributed by atoms with Crippen LogP contribution in [-0.4, -0.2) is 56.4 Å². The van der Waals surface area contributed by atoms with Crippen molar-refractivity contribution in [1.29, 1.82) is 0 Å². The average molecular weight is 305 g/mol. The Balaban J connectivity index is 1.66. The summed E-state index contributed by atoms with van der Waals surface area (Å²) in [7, 11) is 3.36. The Kier molecular flexibility index (Phi) is 4.64. The zero-order chi connectivity index (χ0) is 15.5. The molecule has 2 aliphatic rings. The van der Waals surface area contributed by atoms with Gasteiger partial charge in [0.25, 0.3) is 0 Å². The van der Waals surface area contributed by atoms with Gasteiger partial charge in [-0.15, -0.1) is 0 Å². The number of piperidine rings is 1.